The van der Waals surface area contributed by atoms with Gasteiger partial charge in [0.25, 0.3) is 0 Å². The minimum atomic E-state index is -1.14. The monoisotopic (exact) mass is 596 g/mol. The van der Waals surface area contributed by atoms with Gasteiger partial charge in [0.1, 0.15) is 11.6 Å². The van der Waals surface area contributed by atoms with Gasteiger partial charge in [-0.05, 0) is 80.8 Å². The Morgan fingerprint density at radius 2 is 1.83 bits per heavy atom. The van der Waals surface area contributed by atoms with E-state index < -0.39 is 29.6 Å². The number of ether oxygens (including phenoxy) is 1. The molecule has 4 fully saturated rings. The molecule has 7 unspecified atom stereocenters. The van der Waals surface area contributed by atoms with Crippen LogP contribution in [0.15, 0.2) is 36.4 Å². The maximum atomic E-state index is 14.3. The van der Waals surface area contributed by atoms with E-state index in [0.29, 0.717) is 35.0 Å². The van der Waals surface area contributed by atoms with E-state index in [4.69, 9.17) is 16.3 Å². The van der Waals surface area contributed by atoms with Crippen molar-refractivity contribution in [2.45, 2.75) is 83.1 Å². The van der Waals surface area contributed by atoms with Gasteiger partial charge in [-0.25, -0.2) is 0 Å². The summed E-state index contributed by atoms with van der Waals surface area (Å²) in [6.07, 6.45) is 9.64. The molecule has 2 N–H and O–H groups in total. The second-order valence-corrected chi connectivity index (χ2v) is 13.9. The number of hydrogen-bond acceptors (Lipinski definition) is 5. The lowest BCUT2D eigenvalue weighted by Gasteiger charge is -2.38. The Balaban J connectivity index is 1.24. The molecule has 1 aromatic rings. The van der Waals surface area contributed by atoms with Crippen LogP contribution in [0.5, 0.6) is 0 Å². The van der Waals surface area contributed by atoms with Crippen molar-refractivity contribution < 1.29 is 19.1 Å². The Morgan fingerprint density at radius 1 is 1.05 bits per heavy atom. The zero-order chi connectivity index (χ0) is 29.6. The summed E-state index contributed by atoms with van der Waals surface area (Å²) in [4.78, 5) is 46.3. The molecule has 6 rings (SSSR count). The molecule has 1 aromatic carbocycles. The van der Waals surface area contributed by atoms with Gasteiger partial charge in [0.15, 0.2) is 0 Å². The van der Waals surface area contributed by atoms with Crippen molar-refractivity contribution in [2.75, 3.05) is 31.5 Å². The van der Waals surface area contributed by atoms with Gasteiger partial charge in [-0.3, -0.25) is 14.4 Å². The summed E-state index contributed by atoms with van der Waals surface area (Å²) in [5.41, 5.74) is -0.533. The number of hydrogen-bond donors (Lipinski definition) is 2. The lowest BCUT2D eigenvalue weighted by molar-refractivity contribution is -0.141. The molecule has 4 aliphatic heterocycles. The molecule has 42 heavy (non-hydrogen) atoms. The highest BCUT2D eigenvalue weighted by Gasteiger charge is 2.72. The number of nitrogens with zero attached hydrogens (tertiary/aromatic N) is 2. The van der Waals surface area contributed by atoms with Gasteiger partial charge in [0, 0.05) is 29.8 Å². The maximum absolute atomic E-state index is 14.3. The first-order chi connectivity index (χ1) is 20.2. The first-order valence-electron chi connectivity index (χ1n) is 15.9. The van der Waals surface area contributed by atoms with E-state index in [1.54, 1.807) is 29.2 Å². The predicted molar refractivity (Wildman–Crippen MR) is 163 cm³/mol. The van der Waals surface area contributed by atoms with Crippen LogP contribution in [0, 0.1) is 29.6 Å². The SMILES string of the molecule is CC1CCCN(CCCN2C(=O)[C@@H]3C(C(=O)Nc4ccc(Cl)cc4)[C@@H]4C=CC3(O4)C2C(=O)NC2CCCC(C)C2C)C1. The average molecular weight is 597 g/mol. The van der Waals surface area contributed by atoms with Gasteiger partial charge in [0.2, 0.25) is 17.7 Å². The van der Waals surface area contributed by atoms with Crippen molar-refractivity contribution in [3.63, 3.8) is 0 Å². The fraction of sp³-hybridized carbons (Fsp3) is 0.667. The van der Waals surface area contributed by atoms with E-state index >= 15 is 0 Å². The summed E-state index contributed by atoms with van der Waals surface area (Å²) in [6.45, 7) is 10.2. The van der Waals surface area contributed by atoms with Crippen LogP contribution < -0.4 is 10.6 Å². The molecule has 1 aliphatic carbocycles. The molecule has 4 heterocycles. The maximum Gasteiger partial charge on any atom is 0.246 e. The minimum absolute atomic E-state index is 0.0649. The third-order valence-corrected chi connectivity index (χ3v) is 10.9. The third kappa shape index (κ3) is 5.39. The summed E-state index contributed by atoms with van der Waals surface area (Å²) < 4.78 is 6.53. The number of rotatable bonds is 8. The molecule has 1 saturated carbocycles. The Kier molecular flexibility index (Phi) is 8.42. The Morgan fingerprint density at radius 3 is 2.60 bits per heavy atom. The minimum Gasteiger partial charge on any atom is -0.359 e. The normalized spacial score (nSPS) is 37.6. The molecule has 0 radical (unpaired) electrons. The molecular weight excluding hydrogens is 552 g/mol. The zero-order valence-corrected chi connectivity index (χ0v) is 25.8. The van der Waals surface area contributed by atoms with Gasteiger partial charge < -0.3 is 25.2 Å². The van der Waals surface area contributed by atoms with Crippen molar-refractivity contribution in [1.29, 1.82) is 0 Å². The lowest BCUT2D eigenvalue weighted by Crippen LogP contribution is -2.58. The van der Waals surface area contributed by atoms with Crippen LogP contribution in [0.4, 0.5) is 5.69 Å². The molecule has 5 aliphatic rings. The van der Waals surface area contributed by atoms with Crippen molar-refractivity contribution in [2.24, 2.45) is 29.6 Å². The number of amides is 3. The van der Waals surface area contributed by atoms with E-state index in [-0.39, 0.29) is 23.8 Å². The standard InChI is InChI=1S/C33H45ClN4O4/c1-20-7-5-16-37(19-20)17-6-18-38-29(31(40)36-25-9-4-8-21(2)22(25)3)33-15-14-26(42-33)27(28(33)32(38)41)30(39)35-24-12-10-23(34)11-13-24/h10-15,20-22,25-29H,4-9,16-19H2,1-3H3,(H,35,39)(H,36,40)/t20?,21?,22?,25?,26-,27?,28-,29?,33?/m0/s1. The molecule has 3 saturated heterocycles. The fourth-order valence-corrected chi connectivity index (χ4v) is 8.39. The summed E-state index contributed by atoms with van der Waals surface area (Å²) in [7, 11) is 0. The van der Waals surface area contributed by atoms with Gasteiger partial charge in [-0.2, -0.15) is 0 Å². The molecule has 2 bridgehead atoms. The number of anilines is 1. The number of halogens is 1. The number of nitrogens with one attached hydrogen (secondary N) is 2. The van der Waals surface area contributed by atoms with E-state index in [9.17, 15) is 14.4 Å². The molecule has 228 valence electrons. The highest BCUT2D eigenvalue weighted by molar-refractivity contribution is 6.30. The van der Waals surface area contributed by atoms with E-state index in [0.717, 1.165) is 38.9 Å². The van der Waals surface area contributed by atoms with Crippen LogP contribution >= 0.6 is 11.6 Å². The van der Waals surface area contributed by atoms with Gasteiger partial charge in [0.05, 0.1) is 17.9 Å². The Hall–Kier alpha value is -2.42. The molecule has 8 nitrogen and oxygen atoms in total. The molecule has 3 amide bonds. The average Bonchev–Trinajstić information content (AvgIpc) is 3.60. The molecule has 0 aromatic heterocycles. The van der Waals surface area contributed by atoms with Crippen LogP contribution in [0.2, 0.25) is 5.02 Å². The smallest absolute Gasteiger partial charge is 0.246 e. The van der Waals surface area contributed by atoms with Gasteiger partial charge in [-0.1, -0.05) is 57.4 Å². The predicted octanol–water partition coefficient (Wildman–Crippen LogP) is 4.49. The second kappa shape index (κ2) is 11.9. The van der Waals surface area contributed by atoms with Gasteiger partial charge in [-0.15, -0.1) is 0 Å². The Labute approximate surface area is 254 Å². The summed E-state index contributed by atoms with van der Waals surface area (Å²) >= 11 is 6.03. The van der Waals surface area contributed by atoms with E-state index in [2.05, 4.69) is 36.3 Å². The molecule has 1 spiro atoms. The zero-order valence-electron chi connectivity index (χ0n) is 25.1. The fourth-order valence-electron chi connectivity index (χ4n) is 8.27. The van der Waals surface area contributed by atoms with E-state index in [1.165, 1.54) is 19.3 Å². The molecule has 9 heteroatoms. The van der Waals surface area contributed by atoms with Crippen LogP contribution in [0.3, 0.4) is 0 Å². The van der Waals surface area contributed by atoms with Crippen molar-refractivity contribution in [3.05, 3.63) is 41.4 Å². The van der Waals surface area contributed by atoms with Crippen molar-refractivity contribution >= 4 is 35.0 Å². The van der Waals surface area contributed by atoms with Crippen LogP contribution in [0.25, 0.3) is 0 Å². The number of carbonyl (C=O) groups excluding carboxylic acids is 3. The van der Waals surface area contributed by atoms with Crippen LogP contribution in [-0.2, 0) is 19.1 Å². The van der Waals surface area contributed by atoms with E-state index in [1.807, 2.05) is 12.2 Å². The third-order valence-electron chi connectivity index (χ3n) is 10.7. The number of benzene rings is 1. The topological polar surface area (TPSA) is 91.0 Å². The highest BCUT2D eigenvalue weighted by Crippen LogP contribution is 2.55. The summed E-state index contributed by atoms with van der Waals surface area (Å²) in [6, 6.07) is 6.19. The summed E-state index contributed by atoms with van der Waals surface area (Å²) in [5.74, 6) is -0.478. The van der Waals surface area contributed by atoms with Crippen molar-refractivity contribution in [1.82, 2.24) is 15.1 Å². The lowest BCUT2D eigenvalue weighted by atomic mass is 9.73. The molecule has 9 atom stereocenters. The highest BCUT2D eigenvalue weighted by atomic mass is 35.5. The van der Waals surface area contributed by atoms with Crippen LogP contribution in [0.1, 0.15) is 59.3 Å². The first-order valence-corrected chi connectivity index (χ1v) is 16.3. The van der Waals surface area contributed by atoms with Gasteiger partial charge >= 0.3 is 0 Å². The number of carbonyl (C=O) groups is 3. The number of fused-ring (bicyclic) bond motifs is 1. The number of likely N-dealkylation sites (tertiary alicyclic amines) is 2. The largest absolute Gasteiger partial charge is 0.359 e. The molecular formula is C33H45ClN4O4. The van der Waals surface area contributed by atoms with Crippen molar-refractivity contribution in [3.8, 4) is 0 Å². The van der Waals surface area contributed by atoms with Crippen LogP contribution in [-0.4, -0.2) is 77.5 Å². The quantitative estimate of drug-likeness (QED) is 0.432. The number of piperidine rings is 1. The second-order valence-electron chi connectivity index (χ2n) is 13.5. The Bertz CT molecular complexity index is 1220. The first kappa shape index (κ1) is 29.6. The summed E-state index contributed by atoms with van der Waals surface area (Å²) in [5, 5.41) is 6.89.